The van der Waals surface area contributed by atoms with E-state index < -0.39 is 5.97 Å². The molecule has 1 N–H and O–H groups in total. The van der Waals surface area contributed by atoms with Crippen LogP contribution in [0.1, 0.15) is 17.4 Å². The summed E-state index contributed by atoms with van der Waals surface area (Å²) in [6, 6.07) is 1.82. The second kappa shape index (κ2) is 4.77. The number of aromatic nitrogens is 4. The molecule has 0 amide bonds. The zero-order chi connectivity index (χ0) is 13.2. The van der Waals surface area contributed by atoms with Crippen molar-refractivity contribution in [1.29, 1.82) is 0 Å². The topological polar surface area (TPSA) is 80.8 Å². The van der Waals surface area contributed by atoms with Crippen molar-refractivity contribution in [3.8, 4) is 10.6 Å². The van der Waals surface area contributed by atoms with Gasteiger partial charge in [-0.2, -0.15) is 0 Å². The predicted octanol–water partition coefficient (Wildman–Crippen LogP) is 2.26. The number of ether oxygens (including phenoxy) is 1. The molecule has 7 heteroatoms. The molecule has 0 unspecified atom stereocenters. The smallest absolute Gasteiger partial charge is 0.359 e. The molecule has 0 saturated heterocycles. The highest BCUT2D eigenvalue weighted by Gasteiger charge is 2.17. The lowest BCUT2D eigenvalue weighted by molar-refractivity contribution is 0.0522. The third-order valence-electron chi connectivity index (χ3n) is 2.56. The zero-order valence-electron chi connectivity index (χ0n) is 10.1. The molecule has 3 heterocycles. The summed E-state index contributed by atoms with van der Waals surface area (Å²) in [7, 11) is 0. The molecule has 0 aromatic carbocycles. The number of rotatable bonds is 3. The fourth-order valence-electron chi connectivity index (χ4n) is 1.76. The molecular formula is C12H10N4O2S. The Morgan fingerprint density at radius 3 is 3.16 bits per heavy atom. The SMILES string of the molecule is CCOC(=O)c1nc(-c2cncs2)cc2nc[nH]c12. The monoisotopic (exact) mass is 274 g/mol. The third kappa shape index (κ3) is 2.08. The van der Waals surface area contributed by atoms with Gasteiger partial charge in [0.15, 0.2) is 5.69 Å². The number of carbonyl (C=O) groups excluding carboxylic acids is 1. The molecule has 6 nitrogen and oxygen atoms in total. The Kier molecular flexibility index (Phi) is 2.96. The maximum absolute atomic E-state index is 11.9. The molecule has 0 saturated carbocycles. The molecule has 0 fully saturated rings. The van der Waals surface area contributed by atoms with Crippen LogP contribution in [0.3, 0.4) is 0 Å². The Morgan fingerprint density at radius 2 is 2.42 bits per heavy atom. The lowest BCUT2D eigenvalue weighted by Gasteiger charge is -2.04. The minimum atomic E-state index is -0.455. The summed E-state index contributed by atoms with van der Waals surface area (Å²) >= 11 is 1.46. The van der Waals surface area contributed by atoms with Gasteiger partial charge in [0.05, 0.1) is 40.0 Å². The van der Waals surface area contributed by atoms with E-state index in [1.807, 2.05) is 6.07 Å². The number of fused-ring (bicyclic) bond motifs is 1. The average Bonchev–Trinajstić information content (AvgIpc) is 3.08. The van der Waals surface area contributed by atoms with E-state index >= 15 is 0 Å². The van der Waals surface area contributed by atoms with E-state index in [2.05, 4.69) is 19.9 Å². The Bertz CT molecular complexity index is 720. The first kappa shape index (κ1) is 11.8. The zero-order valence-corrected chi connectivity index (χ0v) is 10.9. The third-order valence-corrected chi connectivity index (χ3v) is 3.36. The number of hydrogen-bond acceptors (Lipinski definition) is 6. The normalized spacial score (nSPS) is 10.8. The highest BCUT2D eigenvalue weighted by atomic mass is 32.1. The van der Waals surface area contributed by atoms with Gasteiger partial charge in [-0.15, -0.1) is 11.3 Å². The van der Waals surface area contributed by atoms with Crippen LogP contribution in [0, 0.1) is 0 Å². The van der Waals surface area contributed by atoms with Gasteiger partial charge in [-0.25, -0.2) is 14.8 Å². The molecule has 0 radical (unpaired) electrons. The van der Waals surface area contributed by atoms with Crippen molar-refractivity contribution in [2.24, 2.45) is 0 Å². The fourth-order valence-corrected chi connectivity index (χ4v) is 2.34. The van der Waals surface area contributed by atoms with Crippen LogP contribution in [-0.4, -0.2) is 32.5 Å². The molecule has 0 aliphatic carbocycles. The first-order chi connectivity index (χ1) is 9.29. The Hall–Kier alpha value is -2.28. The molecule has 0 bridgehead atoms. The van der Waals surface area contributed by atoms with Crippen LogP contribution < -0.4 is 0 Å². The molecular weight excluding hydrogens is 264 g/mol. The number of nitrogens with one attached hydrogen (secondary N) is 1. The molecule has 19 heavy (non-hydrogen) atoms. The first-order valence-corrected chi connectivity index (χ1v) is 6.57. The standard InChI is InChI=1S/C12H10N4O2S/c1-2-18-12(17)11-10-8(14-5-15-10)3-7(16-11)9-4-13-6-19-9/h3-6H,2H2,1H3,(H,14,15). The van der Waals surface area contributed by atoms with Gasteiger partial charge in [-0.05, 0) is 13.0 Å². The van der Waals surface area contributed by atoms with E-state index in [1.54, 1.807) is 18.6 Å². The molecule has 0 aliphatic heterocycles. The summed E-state index contributed by atoms with van der Waals surface area (Å²) in [4.78, 5) is 28.3. The van der Waals surface area contributed by atoms with E-state index in [9.17, 15) is 4.79 Å². The van der Waals surface area contributed by atoms with E-state index in [0.717, 1.165) is 4.88 Å². The lowest BCUT2D eigenvalue weighted by Crippen LogP contribution is -2.08. The number of pyridine rings is 1. The highest BCUT2D eigenvalue weighted by molar-refractivity contribution is 7.13. The van der Waals surface area contributed by atoms with Gasteiger partial charge >= 0.3 is 5.97 Å². The van der Waals surface area contributed by atoms with Crippen molar-refractivity contribution >= 4 is 28.3 Å². The minimum Gasteiger partial charge on any atom is -0.461 e. The van der Waals surface area contributed by atoms with Gasteiger partial charge in [0.2, 0.25) is 0 Å². The summed E-state index contributed by atoms with van der Waals surface area (Å²) < 4.78 is 5.02. The maximum atomic E-state index is 11.9. The van der Waals surface area contributed by atoms with Crippen molar-refractivity contribution in [1.82, 2.24) is 19.9 Å². The number of hydrogen-bond donors (Lipinski definition) is 1. The van der Waals surface area contributed by atoms with Crippen LogP contribution in [0.2, 0.25) is 0 Å². The van der Waals surface area contributed by atoms with Gasteiger partial charge in [0.1, 0.15) is 0 Å². The van der Waals surface area contributed by atoms with Crippen LogP contribution >= 0.6 is 11.3 Å². The molecule has 0 aliphatic rings. The summed E-state index contributed by atoms with van der Waals surface area (Å²) in [5.41, 5.74) is 3.91. The first-order valence-electron chi connectivity index (χ1n) is 5.69. The molecule has 3 aromatic rings. The van der Waals surface area contributed by atoms with Crippen LogP contribution in [0.4, 0.5) is 0 Å². The predicted molar refractivity (Wildman–Crippen MR) is 71.0 cm³/mol. The van der Waals surface area contributed by atoms with Crippen molar-refractivity contribution in [3.05, 3.63) is 29.8 Å². The van der Waals surface area contributed by atoms with Crippen LogP contribution in [0.25, 0.3) is 21.6 Å². The molecule has 96 valence electrons. The number of H-pyrrole nitrogens is 1. The largest absolute Gasteiger partial charge is 0.461 e. The molecule has 3 aromatic heterocycles. The van der Waals surface area contributed by atoms with Gasteiger partial charge < -0.3 is 9.72 Å². The number of nitrogens with zero attached hydrogens (tertiary/aromatic N) is 3. The number of thiazole rings is 1. The van der Waals surface area contributed by atoms with Gasteiger partial charge in [-0.1, -0.05) is 0 Å². The van der Waals surface area contributed by atoms with Crippen molar-refractivity contribution in [2.45, 2.75) is 6.92 Å². The summed E-state index contributed by atoms with van der Waals surface area (Å²) in [6.07, 6.45) is 3.24. The summed E-state index contributed by atoms with van der Waals surface area (Å²) in [5.74, 6) is -0.455. The van der Waals surface area contributed by atoms with Crippen LogP contribution in [0.5, 0.6) is 0 Å². The average molecular weight is 274 g/mol. The van der Waals surface area contributed by atoms with E-state index in [-0.39, 0.29) is 5.69 Å². The van der Waals surface area contributed by atoms with Gasteiger partial charge in [0, 0.05) is 6.20 Å². The fraction of sp³-hybridized carbons (Fsp3) is 0.167. The quantitative estimate of drug-likeness (QED) is 0.741. The summed E-state index contributed by atoms with van der Waals surface area (Å²) in [5, 5.41) is 0. The highest BCUT2D eigenvalue weighted by Crippen LogP contribution is 2.25. The number of carbonyl (C=O) groups is 1. The van der Waals surface area contributed by atoms with Crippen LogP contribution in [-0.2, 0) is 4.74 Å². The second-order valence-electron chi connectivity index (χ2n) is 3.74. The van der Waals surface area contributed by atoms with E-state index in [1.165, 1.54) is 17.7 Å². The van der Waals surface area contributed by atoms with Gasteiger partial charge in [0.25, 0.3) is 0 Å². The molecule has 0 atom stereocenters. The number of aromatic amines is 1. The Balaban J connectivity index is 2.18. The van der Waals surface area contributed by atoms with Crippen molar-refractivity contribution < 1.29 is 9.53 Å². The maximum Gasteiger partial charge on any atom is 0.359 e. The Morgan fingerprint density at radius 1 is 1.53 bits per heavy atom. The lowest BCUT2D eigenvalue weighted by atomic mass is 10.2. The van der Waals surface area contributed by atoms with Crippen LogP contribution in [0.15, 0.2) is 24.1 Å². The van der Waals surface area contributed by atoms with E-state index in [4.69, 9.17) is 4.74 Å². The van der Waals surface area contributed by atoms with Crippen molar-refractivity contribution in [3.63, 3.8) is 0 Å². The van der Waals surface area contributed by atoms with E-state index in [0.29, 0.717) is 23.3 Å². The summed E-state index contributed by atoms with van der Waals surface area (Å²) in [6.45, 7) is 2.07. The number of esters is 1. The van der Waals surface area contributed by atoms with Crippen molar-refractivity contribution in [2.75, 3.05) is 6.61 Å². The minimum absolute atomic E-state index is 0.250. The molecule has 3 rings (SSSR count). The molecule has 0 spiro atoms. The Labute approximate surface area is 112 Å². The van der Waals surface area contributed by atoms with Gasteiger partial charge in [-0.3, -0.25) is 4.98 Å². The number of imidazole rings is 1. The second-order valence-corrected chi connectivity index (χ2v) is 4.63.